The number of ether oxygens (including phenoxy) is 1. The molecule has 1 unspecified atom stereocenters. The van der Waals surface area contributed by atoms with E-state index in [9.17, 15) is 9.59 Å². The zero-order valence-electron chi connectivity index (χ0n) is 13.7. The molecule has 2 heterocycles. The number of hydrogen-bond donors (Lipinski definition) is 0. The van der Waals surface area contributed by atoms with E-state index in [4.69, 9.17) is 16.3 Å². The van der Waals surface area contributed by atoms with E-state index in [2.05, 4.69) is 0 Å². The Balaban J connectivity index is 1.83. The summed E-state index contributed by atoms with van der Waals surface area (Å²) in [5.41, 5.74) is 3.94. The average Bonchev–Trinajstić information content (AvgIpc) is 2.96. The number of esters is 1. The zero-order chi connectivity index (χ0) is 17.6. The molecule has 5 heteroatoms. The third-order valence-electron chi connectivity index (χ3n) is 4.65. The molecule has 2 aliphatic heterocycles. The minimum atomic E-state index is -0.347. The van der Waals surface area contributed by atoms with Crippen molar-refractivity contribution in [3.05, 3.63) is 76.0 Å². The lowest BCUT2D eigenvalue weighted by Crippen LogP contribution is -2.37. The number of anilines is 1. The smallest absolute Gasteiger partial charge is 0.336 e. The van der Waals surface area contributed by atoms with Crippen LogP contribution in [0.4, 0.5) is 5.69 Å². The molecule has 0 bridgehead atoms. The highest BCUT2D eigenvalue weighted by Crippen LogP contribution is 2.42. The Morgan fingerprint density at radius 3 is 2.60 bits per heavy atom. The number of rotatable bonds is 2. The second-order valence-corrected chi connectivity index (χ2v) is 6.75. The van der Waals surface area contributed by atoms with E-state index in [0.29, 0.717) is 16.3 Å². The molecular formula is C20H16ClNO3. The van der Waals surface area contributed by atoms with Crippen LogP contribution in [0.15, 0.2) is 59.8 Å². The average molecular weight is 354 g/mol. The number of aryl methyl sites for hydroxylation is 1. The highest BCUT2D eigenvalue weighted by molar-refractivity contribution is 6.30. The number of cyclic esters (lactones) is 1. The van der Waals surface area contributed by atoms with Gasteiger partial charge in [0.15, 0.2) is 0 Å². The Kier molecular flexibility index (Phi) is 3.85. The van der Waals surface area contributed by atoms with Gasteiger partial charge in [0.25, 0.3) is 0 Å². The third-order valence-corrected chi connectivity index (χ3v) is 4.90. The molecule has 2 aliphatic rings. The normalized spacial score (nSPS) is 19.9. The van der Waals surface area contributed by atoms with Crippen molar-refractivity contribution in [2.45, 2.75) is 19.3 Å². The molecule has 0 aromatic heterocycles. The van der Waals surface area contributed by atoms with Crippen molar-refractivity contribution in [3.8, 4) is 0 Å². The van der Waals surface area contributed by atoms with E-state index in [1.807, 2.05) is 43.3 Å². The van der Waals surface area contributed by atoms with Gasteiger partial charge in [0.05, 0.1) is 11.3 Å². The summed E-state index contributed by atoms with van der Waals surface area (Å²) >= 11 is 5.96. The van der Waals surface area contributed by atoms with Crippen LogP contribution in [0, 0.1) is 6.92 Å². The Hall–Kier alpha value is -2.59. The lowest BCUT2D eigenvalue weighted by molar-refractivity contribution is -0.136. The van der Waals surface area contributed by atoms with Crippen LogP contribution in [0.3, 0.4) is 0 Å². The number of hydrogen-bond acceptors (Lipinski definition) is 3. The Morgan fingerprint density at radius 2 is 1.88 bits per heavy atom. The van der Waals surface area contributed by atoms with Crippen LogP contribution >= 0.6 is 11.6 Å². The number of benzene rings is 2. The topological polar surface area (TPSA) is 46.6 Å². The lowest BCUT2D eigenvalue weighted by Gasteiger charge is -2.32. The van der Waals surface area contributed by atoms with Crippen LogP contribution < -0.4 is 4.90 Å². The third kappa shape index (κ3) is 2.72. The Bertz CT molecular complexity index is 901. The van der Waals surface area contributed by atoms with Gasteiger partial charge in [0.2, 0.25) is 5.91 Å². The van der Waals surface area contributed by atoms with Gasteiger partial charge in [-0.1, -0.05) is 35.9 Å². The fourth-order valence-corrected chi connectivity index (χ4v) is 3.63. The number of carbonyl (C=O) groups is 2. The van der Waals surface area contributed by atoms with E-state index in [-0.39, 0.29) is 30.8 Å². The maximum Gasteiger partial charge on any atom is 0.336 e. The highest BCUT2D eigenvalue weighted by Gasteiger charge is 2.42. The standard InChI is InChI=1S/C20H16ClNO3/c1-12-3-2-4-15(9-12)22-17-11-25-20(24)19(17)16(10-18(22)23)13-5-7-14(21)8-6-13/h2-9,16H,10-11H2,1H3. The van der Waals surface area contributed by atoms with Gasteiger partial charge in [-0.3, -0.25) is 9.69 Å². The predicted molar refractivity (Wildman–Crippen MR) is 95.5 cm³/mol. The first-order valence-corrected chi connectivity index (χ1v) is 8.47. The maximum absolute atomic E-state index is 12.9. The summed E-state index contributed by atoms with van der Waals surface area (Å²) in [6.45, 7) is 2.10. The van der Waals surface area contributed by atoms with Gasteiger partial charge < -0.3 is 4.74 Å². The molecule has 0 saturated carbocycles. The highest BCUT2D eigenvalue weighted by atomic mass is 35.5. The van der Waals surface area contributed by atoms with Crippen LogP contribution in [0.5, 0.6) is 0 Å². The molecule has 0 spiro atoms. The number of nitrogens with zero attached hydrogens (tertiary/aromatic N) is 1. The molecule has 0 saturated heterocycles. The molecule has 0 radical (unpaired) electrons. The lowest BCUT2D eigenvalue weighted by atomic mass is 9.84. The van der Waals surface area contributed by atoms with Gasteiger partial charge >= 0.3 is 5.97 Å². The summed E-state index contributed by atoms with van der Waals surface area (Å²) in [6.07, 6.45) is 0.226. The van der Waals surface area contributed by atoms with Crippen molar-refractivity contribution in [1.29, 1.82) is 0 Å². The molecule has 1 amide bonds. The molecule has 1 atom stereocenters. The molecule has 2 aromatic carbocycles. The number of carbonyl (C=O) groups excluding carboxylic acids is 2. The molecule has 126 valence electrons. The summed E-state index contributed by atoms with van der Waals surface area (Å²) in [4.78, 5) is 26.9. The van der Waals surface area contributed by atoms with Gasteiger partial charge in [0.1, 0.15) is 6.61 Å². The zero-order valence-corrected chi connectivity index (χ0v) is 14.4. The minimum Gasteiger partial charge on any atom is -0.456 e. The van der Waals surface area contributed by atoms with Crippen molar-refractivity contribution in [2.24, 2.45) is 0 Å². The quantitative estimate of drug-likeness (QED) is 0.767. The van der Waals surface area contributed by atoms with Gasteiger partial charge in [-0.2, -0.15) is 0 Å². The molecule has 4 nitrogen and oxygen atoms in total. The first kappa shape index (κ1) is 15.9. The molecular weight excluding hydrogens is 338 g/mol. The molecule has 2 aromatic rings. The predicted octanol–water partition coefficient (Wildman–Crippen LogP) is 3.98. The van der Waals surface area contributed by atoms with Gasteiger partial charge in [-0.15, -0.1) is 0 Å². The largest absolute Gasteiger partial charge is 0.456 e. The van der Waals surface area contributed by atoms with E-state index >= 15 is 0 Å². The minimum absolute atomic E-state index is 0.0393. The van der Waals surface area contributed by atoms with Crippen LogP contribution in [-0.2, 0) is 14.3 Å². The van der Waals surface area contributed by atoms with Gasteiger partial charge in [-0.25, -0.2) is 4.79 Å². The summed E-state index contributed by atoms with van der Waals surface area (Å²) in [5.74, 6) is -0.682. The number of amides is 1. The van der Waals surface area contributed by atoms with Crippen molar-refractivity contribution in [3.63, 3.8) is 0 Å². The van der Waals surface area contributed by atoms with Crippen LogP contribution in [0.25, 0.3) is 0 Å². The van der Waals surface area contributed by atoms with E-state index in [1.54, 1.807) is 17.0 Å². The first-order valence-electron chi connectivity index (χ1n) is 8.10. The Morgan fingerprint density at radius 1 is 1.12 bits per heavy atom. The van der Waals surface area contributed by atoms with Crippen molar-refractivity contribution >= 4 is 29.2 Å². The van der Waals surface area contributed by atoms with E-state index in [0.717, 1.165) is 16.8 Å². The summed E-state index contributed by atoms with van der Waals surface area (Å²) in [5, 5.41) is 0.621. The maximum atomic E-state index is 12.9. The summed E-state index contributed by atoms with van der Waals surface area (Å²) in [6, 6.07) is 15.0. The molecule has 0 N–H and O–H groups in total. The van der Waals surface area contributed by atoms with Crippen molar-refractivity contribution in [1.82, 2.24) is 0 Å². The fourth-order valence-electron chi connectivity index (χ4n) is 3.50. The van der Waals surface area contributed by atoms with E-state index in [1.165, 1.54) is 0 Å². The van der Waals surface area contributed by atoms with Crippen LogP contribution in [0.2, 0.25) is 5.02 Å². The van der Waals surface area contributed by atoms with Crippen LogP contribution in [0.1, 0.15) is 23.5 Å². The fraction of sp³-hybridized carbons (Fsp3) is 0.200. The first-order chi connectivity index (χ1) is 12.0. The summed E-state index contributed by atoms with van der Waals surface area (Å²) < 4.78 is 5.27. The van der Waals surface area contributed by atoms with Crippen LogP contribution in [-0.4, -0.2) is 18.5 Å². The molecule has 0 aliphatic carbocycles. The molecule has 4 rings (SSSR count). The Labute approximate surface area is 150 Å². The van der Waals surface area contributed by atoms with E-state index < -0.39 is 0 Å². The van der Waals surface area contributed by atoms with Crippen molar-refractivity contribution in [2.75, 3.05) is 11.5 Å². The molecule has 25 heavy (non-hydrogen) atoms. The number of halogens is 1. The monoisotopic (exact) mass is 353 g/mol. The van der Waals surface area contributed by atoms with Crippen molar-refractivity contribution < 1.29 is 14.3 Å². The second-order valence-electron chi connectivity index (χ2n) is 6.31. The van der Waals surface area contributed by atoms with Gasteiger partial charge in [0, 0.05) is 23.0 Å². The molecule has 0 fully saturated rings. The van der Waals surface area contributed by atoms with Gasteiger partial charge in [-0.05, 0) is 42.3 Å². The summed E-state index contributed by atoms with van der Waals surface area (Å²) in [7, 11) is 0. The second kappa shape index (κ2) is 6.05. The SMILES string of the molecule is Cc1cccc(N2C(=O)CC(c3ccc(Cl)cc3)C3=C2COC3=O)c1.